The van der Waals surface area contributed by atoms with E-state index in [9.17, 15) is 14.7 Å². The van der Waals surface area contributed by atoms with Gasteiger partial charge in [-0.3, -0.25) is 9.59 Å². The fourth-order valence-corrected chi connectivity index (χ4v) is 4.75. The summed E-state index contributed by atoms with van der Waals surface area (Å²) < 4.78 is 16.9. The number of hydrogen-bond acceptors (Lipinski definition) is 6. The first-order valence-corrected chi connectivity index (χ1v) is 12.6. The number of carbonyl (C=O) groups excluding carboxylic acids is 2. The first kappa shape index (κ1) is 25.8. The maximum Gasteiger partial charge on any atom is 0.295 e. The molecule has 1 saturated heterocycles. The minimum Gasteiger partial charge on any atom is -0.507 e. The van der Waals surface area contributed by atoms with E-state index in [4.69, 9.17) is 14.2 Å². The summed E-state index contributed by atoms with van der Waals surface area (Å²) >= 11 is 0. The minimum absolute atomic E-state index is 0.0576. The van der Waals surface area contributed by atoms with Crippen LogP contribution in [0.25, 0.3) is 5.76 Å². The summed E-state index contributed by atoms with van der Waals surface area (Å²) in [6.07, 6.45) is 2.27. The Morgan fingerprint density at radius 1 is 1.17 bits per heavy atom. The Balaban J connectivity index is 1.74. The van der Waals surface area contributed by atoms with E-state index in [0.717, 1.165) is 24.2 Å². The summed E-state index contributed by atoms with van der Waals surface area (Å²) in [6.45, 7) is 7.62. The summed E-state index contributed by atoms with van der Waals surface area (Å²) in [6, 6.07) is 12.1. The molecule has 0 aromatic heterocycles. The molecular formula is C29H35NO6. The number of likely N-dealkylation sites (tertiary alicyclic amines) is 1. The number of aliphatic hydroxyl groups excluding tert-OH is 1. The monoisotopic (exact) mass is 493 g/mol. The summed E-state index contributed by atoms with van der Waals surface area (Å²) in [5.41, 5.74) is 2.27. The fraction of sp³-hybridized carbons (Fsp3) is 0.448. The van der Waals surface area contributed by atoms with Crippen LogP contribution < -0.4 is 9.47 Å². The number of Topliss-reactive ketones (excluding diaryl/α,β-unsaturated/α-hetero) is 1. The van der Waals surface area contributed by atoms with Crippen molar-refractivity contribution < 1.29 is 28.9 Å². The molecule has 0 bridgehead atoms. The van der Waals surface area contributed by atoms with Crippen LogP contribution in [0.2, 0.25) is 0 Å². The number of amides is 1. The molecule has 192 valence electrons. The molecule has 1 N–H and O–H groups in total. The van der Waals surface area contributed by atoms with Crippen molar-refractivity contribution in [3.63, 3.8) is 0 Å². The Morgan fingerprint density at radius 2 is 1.97 bits per heavy atom. The van der Waals surface area contributed by atoms with Gasteiger partial charge in [-0.1, -0.05) is 26.0 Å². The molecule has 36 heavy (non-hydrogen) atoms. The number of aliphatic hydroxyl groups is 1. The molecule has 2 aliphatic heterocycles. The molecule has 2 heterocycles. The Labute approximate surface area is 212 Å². The van der Waals surface area contributed by atoms with Crippen molar-refractivity contribution in [3.05, 3.63) is 64.7 Å². The average molecular weight is 494 g/mol. The molecule has 0 unspecified atom stereocenters. The fourth-order valence-electron chi connectivity index (χ4n) is 4.75. The first-order chi connectivity index (χ1) is 17.3. The van der Waals surface area contributed by atoms with Crippen molar-refractivity contribution >= 4 is 17.4 Å². The summed E-state index contributed by atoms with van der Waals surface area (Å²) in [7, 11) is 1.60. The van der Waals surface area contributed by atoms with E-state index in [-0.39, 0.29) is 17.4 Å². The molecule has 7 nitrogen and oxygen atoms in total. The quantitative estimate of drug-likeness (QED) is 0.219. The van der Waals surface area contributed by atoms with Gasteiger partial charge in [-0.2, -0.15) is 0 Å². The molecule has 0 saturated carbocycles. The van der Waals surface area contributed by atoms with Crippen molar-refractivity contribution in [1.29, 1.82) is 0 Å². The van der Waals surface area contributed by atoms with Crippen LogP contribution in [0.3, 0.4) is 0 Å². The number of benzene rings is 2. The predicted octanol–water partition coefficient (Wildman–Crippen LogP) is 4.89. The Hall–Kier alpha value is -3.32. The molecule has 2 aromatic rings. The third-order valence-electron chi connectivity index (χ3n) is 6.59. The maximum atomic E-state index is 13.3. The lowest BCUT2D eigenvalue weighted by molar-refractivity contribution is -0.140. The molecule has 1 fully saturated rings. The van der Waals surface area contributed by atoms with Gasteiger partial charge in [0.25, 0.3) is 11.7 Å². The molecule has 0 aliphatic carbocycles. The number of carbonyl (C=O) groups is 2. The van der Waals surface area contributed by atoms with E-state index >= 15 is 0 Å². The molecule has 2 aromatic carbocycles. The average Bonchev–Trinajstić information content (AvgIpc) is 3.34. The highest BCUT2D eigenvalue weighted by Gasteiger charge is 2.46. The van der Waals surface area contributed by atoms with Crippen LogP contribution in [0.5, 0.6) is 11.5 Å². The Morgan fingerprint density at radius 3 is 2.72 bits per heavy atom. The van der Waals surface area contributed by atoms with Gasteiger partial charge in [-0.05, 0) is 67.1 Å². The number of methoxy groups -OCH3 is 1. The van der Waals surface area contributed by atoms with Crippen LogP contribution in [-0.4, -0.2) is 54.7 Å². The molecule has 0 spiro atoms. The Kier molecular flexibility index (Phi) is 7.99. The van der Waals surface area contributed by atoms with E-state index in [0.29, 0.717) is 49.0 Å². The summed E-state index contributed by atoms with van der Waals surface area (Å²) in [5.74, 6) is 0.469. The van der Waals surface area contributed by atoms with Crippen molar-refractivity contribution in [2.45, 2.75) is 52.2 Å². The lowest BCUT2D eigenvalue weighted by Crippen LogP contribution is -2.31. The van der Waals surface area contributed by atoms with Crippen LogP contribution in [0.4, 0.5) is 0 Å². The van der Waals surface area contributed by atoms with Gasteiger partial charge in [-0.25, -0.2) is 0 Å². The number of hydrogen-bond donors (Lipinski definition) is 1. The van der Waals surface area contributed by atoms with Crippen LogP contribution >= 0.6 is 0 Å². The second-order valence-electron chi connectivity index (χ2n) is 9.90. The van der Waals surface area contributed by atoms with Gasteiger partial charge in [0.15, 0.2) is 0 Å². The third kappa shape index (κ3) is 5.41. The van der Waals surface area contributed by atoms with Crippen molar-refractivity contribution in [2.75, 3.05) is 26.9 Å². The molecule has 2 atom stereocenters. The lowest BCUT2D eigenvalue weighted by Gasteiger charge is -2.25. The molecule has 2 aliphatic rings. The smallest absolute Gasteiger partial charge is 0.295 e. The van der Waals surface area contributed by atoms with Gasteiger partial charge < -0.3 is 24.2 Å². The molecule has 7 heteroatoms. The van der Waals surface area contributed by atoms with Crippen LogP contribution in [0.15, 0.2) is 48.0 Å². The highest BCUT2D eigenvalue weighted by molar-refractivity contribution is 6.46. The number of ether oxygens (including phenoxy) is 3. The SMILES string of the molecule is COCCCN1C(=O)C(=O)/C(=C(/O)c2ccc3c(c2)C[C@@H](C)O3)[C@@H]1c1cccc(OCCC(C)C)c1. The molecular weight excluding hydrogens is 458 g/mol. The number of rotatable bonds is 10. The molecule has 0 radical (unpaired) electrons. The van der Waals surface area contributed by atoms with E-state index < -0.39 is 17.7 Å². The van der Waals surface area contributed by atoms with Crippen LogP contribution in [0, 0.1) is 5.92 Å². The second-order valence-corrected chi connectivity index (χ2v) is 9.90. The van der Waals surface area contributed by atoms with Crippen molar-refractivity contribution in [3.8, 4) is 11.5 Å². The lowest BCUT2D eigenvalue weighted by atomic mass is 9.94. The van der Waals surface area contributed by atoms with Gasteiger partial charge in [0, 0.05) is 32.2 Å². The van der Waals surface area contributed by atoms with Gasteiger partial charge in [0.1, 0.15) is 23.4 Å². The van der Waals surface area contributed by atoms with Crippen molar-refractivity contribution in [2.24, 2.45) is 5.92 Å². The van der Waals surface area contributed by atoms with Gasteiger partial charge in [0.2, 0.25) is 0 Å². The largest absolute Gasteiger partial charge is 0.507 e. The molecule has 1 amide bonds. The summed E-state index contributed by atoms with van der Waals surface area (Å²) in [4.78, 5) is 27.9. The van der Waals surface area contributed by atoms with Gasteiger partial charge in [-0.15, -0.1) is 0 Å². The predicted molar refractivity (Wildman–Crippen MR) is 137 cm³/mol. The zero-order chi connectivity index (χ0) is 25.8. The maximum absolute atomic E-state index is 13.3. The van der Waals surface area contributed by atoms with Gasteiger partial charge in [0.05, 0.1) is 18.2 Å². The topological polar surface area (TPSA) is 85.3 Å². The normalized spacial score (nSPS) is 20.6. The Bertz CT molecular complexity index is 1150. The third-order valence-corrected chi connectivity index (χ3v) is 6.59. The highest BCUT2D eigenvalue weighted by Crippen LogP contribution is 2.41. The van der Waals surface area contributed by atoms with E-state index in [1.807, 2.05) is 37.3 Å². The first-order valence-electron chi connectivity index (χ1n) is 12.6. The summed E-state index contributed by atoms with van der Waals surface area (Å²) in [5, 5.41) is 11.4. The highest BCUT2D eigenvalue weighted by atomic mass is 16.5. The van der Waals surface area contributed by atoms with E-state index in [1.54, 1.807) is 19.2 Å². The molecule has 4 rings (SSSR count). The van der Waals surface area contributed by atoms with E-state index in [1.165, 1.54) is 4.90 Å². The standard InChI is InChI=1S/C29H35NO6/c1-18(2)11-14-35-23-8-5-7-20(17-23)26-25(28(32)29(33)30(26)12-6-13-34-4)27(31)21-9-10-24-22(16-21)15-19(3)36-24/h5,7-10,16-19,26,31H,6,11-15H2,1-4H3/b27-25+/t19-,26+/m1/s1. The van der Waals surface area contributed by atoms with Crippen LogP contribution in [0.1, 0.15) is 56.3 Å². The second kappa shape index (κ2) is 11.2. The number of fused-ring (bicyclic) bond motifs is 1. The zero-order valence-corrected chi connectivity index (χ0v) is 21.5. The van der Waals surface area contributed by atoms with Gasteiger partial charge >= 0.3 is 0 Å². The van der Waals surface area contributed by atoms with E-state index in [2.05, 4.69) is 13.8 Å². The number of nitrogens with zero attached hydrogens (tertiary/aromatic N) is 1. The minimum atomic E-state index is -0.723. The number of ketones is 1. The zero-order valence-electron chi connectivity index (χ0n) is 21.5. The van der Waals surface area contributed by atoms with Crippen LogP contribution in [-0.2, 0) is 20.7 Å². The van der Waals surface area contributed by atoms with Crippen molar-refractivity contribution in [1.82, 2.24) is 4.90 Å².